The number of amides is 2. The highest BCUT2D eigenvalue weighted by molar-refractivity contribution is 5.74. The fourth-order valence-electron chi connectivity index (χ4n) is 2.36. The van der Waals surface area contributed by atoms with Crippen LogP contribution in [-0.4, -0.2) is 36.4 Å². The van der Waals surface area contributed by atoms with Crippen molar-refractivity contribution in [2.75, 3.05) is 13.2 Å². The van der Waals surface area contributed by atoms with Crippen molar-refractivity contribution < 1.29 is 14.3 Å². The molecule has 0 saturated carbocycles. The Balaban J connectivity index is 1.83. The van der Waals surface area contributed by atoms with E-state index in [1.165, 1.54) is 0 Å². The molecule has 2 amide bonds. The minimum atomic E-state index is -0.283. The average molecular weight is 331 g/mol. The van der Waals surface area contributed by atoms with Gasteiger partial charge in [0.05, 0.1) is 19.3 Å². The summed E-state index contributed by atoms with van der Waals surface area (Å²) in [7, 11) is 0. The SMILES string of the molecule is C#C[C@H](NC(=O)NCc1ccnc(OC2CCOCC2)c1)C(C)C. The monoisotopic (exact) mass is 331 g/mol. The molecule has 0 aliphatic carbocycles. The minimum Gasteiger partial charge on any atom is -0.474 e. The Morgan fingerprint density at radius 1 is 1.50 bits per heavy atom. The molecule has 130 valence electrons. The second-order valence-corrected chi connectivity index (χ2v) is 6.15. The number of carbonyl (C=O) groups is 1. The van der Waals surface area contributed by atoms with Crippen LogP contribution in [0.1, 0.15) is 32.3 Å². The molecule has 1 aromatic heterocycles. The lowest BCUT2D eigenvalue weighted by molar-refractivity contribution is 0.0237. The molecule has 2 rings (SSSR count). The molecular formula is C18H25N3O3. The van der Waals surface area contributed by atoms with Crippen molar-refractivity contribution in [2.45, 2.75) is 45.4 Å². The summed E-state index contributed by atoms with van der Waals surface area (Å²) in [4.78, 5) is 16.1. The molecule has 1 aromatic rings. The zero-order chi connectivity index (χ0) is 17.4. The number of pyridine rings is 1. The molecule has 1 aliphatic rings. The summed E-state index contributed by atoms with van der Waals surface area (Å²) in [5.74, 6) is 3.33. The van der Waals surface area contributed by atoms with Crippen molar-refractivity contribution in [3.63, 3.8) is 0 Å². The van der Waals surface area contributed by atoms with E-state index < -0.39 is 0 Å². The molecule has 0 aromatic carbocycles. The van der Waals surface area contributed by atoms with E-state index >= 15 is 0 Å². The van der Waals surface area contributed by atoms with Gasteiger partial charge in [-0.05, 0) is 17.5 Å². The summed E-state index contributed by atoms with van der Waals surface area (Å²) >= 11 is 0. The van der Waals surface area contributed by atoms with Crippen LogP contribution in [0.4, 0.5) is 4.79 Å². The molecule has 2 N–H and O–H groups in total. The summed E-state index contributed by atoms with van der Waals surface area (Å²) < 4.78 is 11.2. The summed E-state index contributed by atoms with van der Waals surface area (Å²) in [6, 6.07) is 3.12. The second kappa shape index (κ2) is 9.14. The normalized spacial score (nSPS) is 16.2. The predicted octanol–water partition coefficient (Wildman–Crippen LogP) is 2.10. The lowest BCUT2D eigenvalue weighted by Crippen LogP contribution is -2.43. The topological polar surface area (TPSA) is 72.5 Å². The number of hydrogen-bond acceptors (Lipinski definition) is 4. The van der Waals surface area contributed by atoms with Gasteiger partial charge in [0.1, 0.15) is 6.10 Å². The number of carbonyl (C=O) groups excluding carboxylic acids is 1. The first-order valence-electron chi connectivity index (χ1n) is 8.28. The molecule has 6 nitrogen and oxygen atoms in total. The van der Waals surface area contributed by atoms with Crippen molar-refractivity contribution in [2.24, 2.45) is 5.92 Å². The Hall–Kier alpha value is -2.26. The lowest BCUT2D eigenvalue weighted by Gasteiger charge is -2.22. The van der Waals surface area contributed by atoms with Crippen molar-refractivity contribution >= 4 is 6.03 Å². The van der Waals surface area contributed by atoms with Gasteiger partial charge in [-0.25, -0.2) is 9.78 Å². The Bertz CT molecular complexity index is 577. The molecule has 0 unspecified atom stereocenters. The van der Waals surface area contributed by atoms with Gasteiger partial charge in [0.25, 0.3) is 0 Å². The van der Waals surface area contributed by atoms with Gasteiger partial charge in [0.15, 0.2) is 0 Å². The van der Waals surface area contributed by atoms with Gasteiger partial charge in [0.2, 0.25) is 5.88 Å². The quantitative estimate of drug-likeness (QED) is 0.783. The van der Waals surface area contributed by atoms with Crippen LogP contribution in [0.5, 0.6) is 5.88 Å². The number of nitrogens with zero attached hydrogens (tertiary/aromatic N) is 1. The molecule has 1 aliphatic heterocycles. The Morgan fingerprint density at radius 2 is 2.25 bits per heavy atom. The van der Waals surface area contributed by atoms with Crippen molar-refractivity contribution in [3.8, 4) is 18.2 Å². The van der Waals surface area contributed by atoms with E-state index in [2.05, 4.69) is 21.5 Å². The van der Waals surface area contributed by atoms with Crippen molar-refractivity contribution in [3.05, 3.63) is 23.9 Å². The predicted molar refractivity (Wildman–Crippen MR) is 91.5 cm³/mol. The maximum absolute atomic E-state index is 11.9. The Labute approximate surface area is 143 Å². The van der Waals surface area contributed by atoms with Crippen LogP contribution in [0.3, 0.4) is 0 Å². The first kappa shape index (κ1) is 18.1. The van der Waals surface area contributed by atoms with E-state index in [-0.39, 0.29) is 24.1 Å². The third-order valence-electron chi connectivity index (χ3n) is 3.84. The van der Waals surface area contributed by atoms with Crippen LogP contribution in [0, 0.1) is 18.3 Å². The van der Waals surface area contributed by atoms with Crippen LogP contribution < -0.4 is 15.4 Å². The number of aromatic nitrogens is 1. The summed E-state index contributed by atoms with van der Waals surface area (Å²) in [5, 5.41) is 5.57. The fraction of sp³-hybridized carbons (Fsp3) is 0.556. The molecule has 1 atom stereocenters. The zero-order valence-electron chi connectivity index (χ0n) is 14.2. The fourth-order valence-corrected chi connectivity index (χ4v) is 2.36. The molecule has 24 heavy (non-hydrogen) atoms. The van der Waals surface area contributed by atoms with Gasteiger partial charge in [0, 0.05) is 31.6 Å². The van der Waals surface area contributed by atoms with Gasteiger partial charge in [-0.3, -0.25) is 0 Å². The van der Waals surface area contributed by atoms with E-state index in [1.54, 1.807) is 6.20 Å². The first-order chi connectivity index (χ1) is 11.6. The van der Waals surface area contributed by atoms with Crippen molar-refractivity contribution in [1.29, 1.82) is 0 Å². The van der Waals surface area contributed by atoms with Crippen LogP contribution in [0.25, 0.3) is 0 Å². The standard InChI is InChI=1S/C18H25N3O3/c1-4-16(13(2)3)21-18(22)20-12-14-5-8-19-17(11-14)24-15-6-9-23-10-7-15/h1,5,8,11,13,15-16H,6-7,9-10,12H2,2-3H3,(H2,20,21,22)/t16-/m0/s1. The first-order valence-corrected chi connectivity index (χ1v) is 8.28. The van der Waals surface area contributed by atoms with E-state index in [4.69, 9.17) is 15.9 Å². The highest BCUT2D eigenvalue weighted by Crippen LogP contribution is 2.16. The molecule has 0 spiro atoms. The van der Waals surface area contributed by atoms with E-state index in [1.807, 2.05) is 26.0 Å². The molecule has 0 radical (unpaired) electrons. The second-order valence-electron chi connectivity index (χ2n) is 6.15. The molecule has 6 heteroatoms. The van der Waals surface area contributed by atoms with Crippen LogP contribution >= 0.6 is 0 Å². The molecule has 0 bridgehead atoms. The molecular weight excluding hydrogens is 306 g/mol. The van der Waals surface area contributed by atoms with Crippen LogP contribution in [-0.2, 0) is 11.3 Å². The highest BCUT2D eigenvalue weighted by atomic mass is 16.5. The number of terminal acetylenes is 1. The van der Waals surface area contributed by atoms with Crippen LogP contribution in [0.2, 0.25) is 0 Å². The van der Waals surface area contributed by atoms with E-state index in [9.17, 15) is 4.79 Å². The number of urea groups is 1. The number of nitrogens with one attached hydrogen (secondary N) is 2. The molecule has 1 fully saturated rings. The van der Waals surface area contributed by atoms with E-state index in [0.29, 0.717) is 12.4 Å². The zero-order valence-corrected chi connectivity index (χ0v) is 14.2. The third-order valence-corrected chi connectivity index (χ3v) is 3.84. The average Bonchev–Trinajstić information content (AvgIpc) is 2.59. The van der Waals surface area contributed by atoms with Crippen molar-refractivity contribution in [1.82, 2.24) is 15.6 Å². The summed E-state index contributed by atoms with van der Waals surface area (Å²) in [6.45, 7) is 5.76. The minimum absolute atomic E-state index is 0.139. The van der Waals surface area contributed by atoms with E-state index in [0.717, 1.165) is 31.6 Å². The molecule has 1 saturated heterocycles. The van der Waals surface area contributed by atoms with Gasteiger partial charge in [-0.2, -0.15) is 0 Å². The van der Waals surface area contributed by atoms with Gasteiger partial charge in [-0.1, -0.05) is 19.8 Å². The number of ether oxygens (including phenoxy) is 2. The smallest absolute Gasteiger partial charge is 0.316 e. The maximum atomic E-state index is 11.9. The van der Waals surface area contributed by atoms with Gasteiger partial charge < -0.3 is 20.1 Å². The third kappa shape index (κ3) is 5.74. The number of hydrogen-bond donors (Lipinski definition) is 2. The highest BCUT2D eigenvalue weighted by Gasteiger charge is 2.16. The van der Waals surface area contributed by atoms with Gasteiger partial charge >= 0.3 is 6.03 Å². The van der Waals surface area contributed by atoms with Crippen LogP contribution in [0.15, 0.2) is 18.3 Å². The summed E-state index contributed by atoms with van der Waals surface area (Å²) in [5.41, 5.74) is 0.920. The lowest BCUT2D eigenvalue weighted by atomic mass is 10.1. The maximum Gasteiger partial charge on any atom is 0.316 e. The summed E-state index contributed by atoms with van der Waals surface area (Å²) in [6.07, 6.45) is 8.97. The Morgan fingerprint density at radius 3 is 2.92 bits per heavy atom. The Kier molecular flexibility index (Phi) is 6.89. The number of rotatable bonds is 6. The largest absolute Gasteiger partial charge is 0.474 e. The van der Waals surface area contributed by atoms with Gasteiger partial charge in [-0.15, -0.1) is 6.42 Å². The molecule has 2 heterocycles.